The monoisotopic (exact) mass is 912 g/mol. The Bertz CT molecular complexity index is 2560. The Balaban J connectivity index is 0.000000159. The number of methoxy groups -OCH3 is 2. The summed E-state index contributed by atoms with van der Waals surface area (Å²) in [5.41, 5.74) is 9.80. The molecule has 68 heavy (non-hydrogen) atoms. The van der Waals surface area contributed by atoms with Crippen LogP contribution in [0.5, 0.6) is 34.5 Å². The summed E-state index contributed by atoms with van der Waals surface area (Å²) in [4.78, 5) is 29.1. The SMILES string of the molecule is COc1ccc(N2CCN(CC3=Cc4ccccc4Oc4ccccc43)CC2)cc1.COc1ccc(N2CCN(CC3=Cc4ccccc4Oc4ccccc43)CC2)cc1.O=C(O)C=CC(=O)O. The third-order valence-corrected chi connectivity index (χ3v) is 12.2. The second-order valence-corrected chi connectivity index (χ2v) is 16.5. The summed E-state index contributed by atoms with van der Waals surface area (Å²) in [6.07, 6.45) is 5.69. The van der Waals surface area contributed by atoms with Crippen LogP contribution in [-0.4, -0.2) is 112 Å². The van der Waals surface area contributed by atoms with Crippen LogP contribution in [0, 0.1) is 0 Å². The molecule has 6 aromatic carbocycles. The number of para-hydroxylation sites is 4. The van der Waals surface area contributed by atoms with Gasteiger partial charge >= 0.3 is 11.9 Å². The second kappa shape index (κ2) is 22.6. The van der Waals surface area contributed by atoms with Gasteiger partial charge in [0.05, 0.1) is 14.2 Å². The molecule has 10 rings (SSSR count). The lowest BCUT2D eigenvalue weighted by molar-refractivity contribution is -0.134. The van der Waals surface area contributed by atoms with Crippen molar-refractivity contribution in [3.8, 4) is 34.5 Å². The fourth-order valence-corrected chi connectivity index (χ4v) is 8.60. The minimum atomic E-state index is -1.26. The minimum absolute atomic E-state index is 0.558. The number of carboxylic acids is 2. The van der Waals surface area contributed by atoms with Gasteiger partial charge in [0.15, 0.2) is 0 Å². The standard InChI is InChI=1S/2C26H26N2O2.C4H4O4/c2*1-29-23-12-10-22(11-13-23)28-16-14-27(15-17-28)19-21-18-20-6-2-4-8-25(20)30-26-9-5-3-7-24(21)26;5-3(6)1-2-4(7)8/h2*2-13,18H,14-17,19H2,1H3;1-2H,(H,5,6)(H,7,8). The van der Waals surface area contributed by atoms with Gasteiger partial charge in [0.1, 0.15) is 34.5 Å². The summed E-state index contributed by atoms with van der Waals surface area (Å²) in [5.74, 6) is 3.00. The van der Waals surface area contributed by atoms with Gasteiger partial charge in [-0.3, -0.25) is 9.80 Å². The Morgan fingerprint density at radius 2 is 0.809 bits per heavy atom. The number of piperazine rings is 2. The van der Waals surface area contributed by atoms with Gasteiger partial charge in [-0.2, -0.15) is 0 Å². The number of hydrogen-bond donors (Lipinski definition) is 2. The number of nitrogens with zero attached hydrogens (tertiary/aromatic N) is 4. The van der Waals surface area contributed by atoms with E-state index in [0.29, 0.717) is 12.2 Å². The molecule has 0 unspecified atom stereocenters. The normalized spacial score (nSPS) is 15.3. The topological polar surface area (TPSA) is 124 Å². The molecule has 0 bridgehead atoms. The van der Waals surface area contributed by atoms with Gasteiger partial charge in [0.2, 0.25) is 0 Å². The molecule has 2 saturated heterocycles. The molecule has 0 saturated carbocycles. The lowest BCUT2D eigenvalue weighted by Crippen LogP contribution is -2.46. The maximum Gasteiger partial charge on any atom is 0.328 e. The number of benzene rings is 6. The fourth-order valence-electron chi connectivity index (χ4n) is 8.60. The van der Waals surface area contributed by atoms with Crippen LogP contribution in [0.25, 0.3) is 23.3 Å². The predicted octanol–water partition coefficient (Wildman–Crippen LogP) is 10.0. The maximum absolute atomic E-state index is 9.55. The summed E-state index contributed by atoms with van der Waals surface area (Å²) in [6.45, 7) is 10.1. The van der Waals surface area contributed by atoms with E-state index < -0.39 is 11.9 Å². The van der Waals surface area contributed by atoms with Crippen molar-refractivity contribution in [1.29, 1.82) is 0 Å². The van der Waals surface area contributed by atoms with Gasteiger partial charge in [-0.05, 0) is 96.1 Å². The Labute approximate surface area is 397 Å². The third-order valence-electron chi connectivity index (χ3n) is 12.2. The quantitative estimate of drug-likeness (QED) is 0.127. The van der Waals surface area contributed by atoms with Crippen molar-refractivity contribution in [2.45, 2.75) is 0 Å². The molecule has 0 aliphatic carbocycles. The molecule has 0 radical (unpaired) electrons. The zero-order chi connectivity index (χ0) is 47.2. The van der Waals surface area contributed by atoms with E-state index in [2.05, 4.69) is 117 Å². The number of rotatable bonds is 10. The molecule has 0 spiro atoms. The van der Waals surface area contributed by atoms with Crippen molar-refractivity contribution in [1.82, 2.24) is 9.80 Å². The van der Waals surface area contributed by atoms with Crippen LogP contribution < -0.4 is 28.7 Å². The third kappa shape index (κ3) is 12.1. The molecule has 6 aromatic rings. The van der Waals surface area contributed by atoms with Gasteiger partial charge < -0.3 is 39.0 Å². The van der Waals surface area contributed by atoms with Crippen LogP contribution in [-0.2, 0) is 9.59 Å². The van der Waals surface area contributed by atoms with Crippen LogP contribution in [0.3, 0.4) is 0 Å². The first kappa shape index (κ1) is 46.7. The van der Waals surface area contributed by atoms with Crippen molar-refractivity contribution in [2.75, 3.05) is 89.5 Å². The average molecular weight is 913 g/mol. The molecule has 0 atom stereocenters. The van der Waals surface area contributed by atoms with Gasteiger partial charge in [0.25, 0.3) is 0 Å². The van der Waals surface area contributed by atoms with Crippen LogP contribution in [0.1, 0.15) is 22.3 Å². The van der Waals surface area contributed by atoms with E-state index in [1.54, 1.807) is 14.2 Å². The number of hydrogen-bond acceptors (Lipinski definition) is 10. The molecule has 12 heteroatoms. The molecular weight excluding hydrogens is 857 g/mol. The van der Waals surface area contributed by atoms with Crippen molar-refractivity contribution in [2.24, 2.45) is 0 Å². The molecule has 4 heterocycles. The Kier molecular flexibility index (Phi) is 15.5. The zero-order valence-corrected chi connectivity index (χ0v) is 38.4. The Hall–Kier alpha value is -7.80. The summed E-state index contributed by atoms with van der Waals surface area (Å²) in [6, 6.07) is 50.0. The van der Waals surface area contributed by atoms with Gasteiger partial charge in [0, 0.05) is 111 Å². The number of carbonyl (C=O) groups is 2. The van der Waals surface area contributed by atoms with Gasteiger partial charge in [-0.25, -0.2) is 9.59 Å². The lowest BCUT2D eigenvalue weighted by Gasteiger charge is -2.36. The number of carboxylic acid groups (broad SMARTS) is 2. The molecule has 12 nitrogen and oxygen atoms in total. The van der Waals surface area contributed by atoms with E-state index >= 15 is 0 Å². The van der Waals surface area contributed by atoms with Crippen LogP contribution in [0.2, 0.25) is 0 Å². The summed E-state index contributed by atoms with van der Waals surface area (Å²) >= 11 is 0. The lowest BCUT2D eigenvalue weighted by atomic mass is 10.0. The molecule has 2 fully saturated rings. The summed E-state index contributed by atoms with van der Waals surface area (Å²) in [5, 5.41) is 15.6. The Morgan fingerprint density at radius 3 is 1.16 bits per heavy atom. The molecule has 2 N–H and O–H groups in total. The van der Waals surface area contributed by atoms with Crippen LogP contribution in [0.4, 0.5) is 11.4 Å². The van der Waals surface area contributed by atoms with E-state index in [0.717, 1.165) is 111 Å². The smallest absolute Gasteiger partial charge is 0.328 e. The summed E-state index contributed by atoms with van der Waals surface area (Å²) in [7, 11) is 3.41. The predicted molar refractivity (Wildman–Crippen MR) is 269 cm³/mol. The van der Waals surface area contributed by atoms with Crippen molar-refractivity contribution < 1.29 is 38.7 Å². The van der Waals surface area contributed by atoms with Crippen molar-refractivity contribution >= 4 is 46.6 Å². The van der Waals surface area contributed by atoms with Crippen LogP contribution >= 0.6 is 0 Å². The van der Waals surface area contributed by atoms with E-state index in [9.17, 15) is 9.59 Å². The second-order valence-electron chi connectivity index (χ2n) is 16.5. The van der Waals surface area contributed by atoms with E-state index in [1.807, 2.05) is 60.7 Å². The average Bonchev–Trinajstić information content (AvgIpc) is 3.64. The number of ether oxygens (including phenoxy) is 4. The molecule has 4 aliphatic heterocycles. The highest BCUT2D eigenvalue weighted by Gasteiger charge is 2.24. The molecule has 0 amide bonds. The summed E-state index contributed by atoms with van der Waals surface area (Å²) < 4.78 is 23.0. The van der Waals surface area contributed by atoms with E-state index in [1.165, 1.54) is 33.6 Å². The number of fused-ring (bicyclic) bond motifs is 4. The van der Waals surface area contributed by atoms with E-state index in [4.69, 9.17) is 29.2 Å². The zero-order valence-electron chi connectivity index (χ0n) is 38.4. The number of anilines is 2. The first-order valence-electron chi connectivity index (χ1n) is 22.7. The fraction of sp³-hybridized carbons (Fsp3) is 0.214. The largest absolute Gasteiger partial charge is 0.497 e. The van der Waals surface area contributed by atoms with Crippen molar-refractivity contribution in [3.05, 3.63) is 180 Å². The van der Waals surface area contributed by atoms with Crippen LogP contribution in [0.15, 0.2) is 158 Å². The molecule has 4 aliphatic rings. The van der Waals surface area contributed by atoms with E-state index in [-0.39, 0.29) is 0 Å². The highest BCUT2D eigenvalue weighted by atomic mass is 16.5. The van der Waals surface area contributed by atoms with Gasteiger partial charge in [-0.15, -0.1) is 0 Å². The number of aliphatic carboxylic acids is 2. The molecule has 0 aromatic heterocycles. The van der Waals surface area contributed by atoms with Crippen molar-refractivity contribution in [3.63, 3.8) is 0 Å². The minimum Gasteiger partial charge on any atom is -0.497 e. The highest BCUT2D eigenvalue weighted by molar-refractivity contribution is 5.90. The first-order valence-corrected chi connectivity index (χ1v) is 22.7. The maximum atomic E-state index is 9.55. The Morgan fingerprint density at radius 1 is 0.471 bits per heavy atom. The molecule has 348 valence electrons. The highest BCUT2D eigenvalue weighted by Crippen LogP contribution is 2.40. The van der Waals surface area contributed by atoms with Gasteiger partial charge in [-0.1, -0.05) is 72.8 Å². The molecular formula is C56H56N4O8. The first-order chi connectivity index (χ1) is 33.2.